The number of hydrogen-bond acceptors (Lipinski definition) is 7. The molecule has 1 aliphatic rings. The molecule has 5 N–H and O–H groups in total. The summed E-state index contributed by atoms with van der Waals surface area (Å²) in [7, 11) is 0. The topological polar surface area (TPSA) is 155 Å². The maximum atomic E-state index is 13.3. The van der Waals surface area contributed by atoms with Crippen LogP contribution in [0.2, 0.25) is 0 Å². The number of pyridine rings is 1. The molecule has 1 fully saturated rings. The number of aromatic nitrogens is 1. The number of para-hydroxylation sites is 1. The van der Waals surface area contributed by atoms with Gasteiger partial charge in [0.05, 0.1) is 5.52 Å². The Labute approximate surface area is 221 Å². The van der Waals surface area contributed by atoms with E-state index in [-0.39, 0.29) is 18.3 Å². The molecule has 0 saturated carbocycles. The minimum Gasteiger partial charge on any atom is -0.489 e. The van der Waals surface area contributed by atoms with Gasteiger partial charge in [-0.15, -0.1) is 0 Å². The van der Waals surface area contributed by atoms with Gasteiger partial charge in [0.15, 0.2) is 0 Å². The zero-order valence-electron chi connectivity index (χ0n) is 21.8. The molecule has 0 unspecified atom stereocenters. The molecular weight excluding hydrogens is 488 g/mol. The Morgan fingerprint density at radius 3 is 2.53 bits per heavy atom. The zero-order valence-corrected chi connectivity index (χ0v) is 21.8. The predicted octanol–water partition coefficient (Wildman–Crippen LogP) is 3.13. The van der Waals surface area contributed by atoms with E-state index in [1.54, 1.807) is 17.6 Å². The summed E-state index contributed by atoms with van der Waals surface area (Å²) in [6.45, 7) is 6.36. The molecule has 4 rings (SSSR count). The second-order valence-electron chi connectivity index (χ2n) is 9.70. The second-order valence-corrected chi connectivity index (χ2v) is 9.70. The van der Waals surface area contributed by atoms with Gasteiger partial charge in [0, 0.05) is 23.2 Å². The van der Waals surface area contributed by atoms with Crippen molar-refractivity contribution in [2.45, 2.75) is 51.8 Å². The molecule has 2 heterocycles. The summed E-state index contributed by atoms with van der Waals surface area (Å²) < 4.78 is 6.04. The van der Waals surface area contributed by atoms with Crippen LogP contribution in [0.15, 0.2) is 54.6 Å². The van der Waals surface area contributed by atoms with Crippen molar-refractivity contribution in [1.29, 1.82) is 0 Å². The predicted molar refractivity (Wildman–Crippen MR) is 141 cm³/mol. The third-order valence-corrected chi connectivity index (χ3v) is 6.57. The standard InChI is InChI=1S/C27H32N4O4.CH2O2/c1-17(2)14-24(25(32)30-34)31-13-12-27(28,26(31)33)20-8-10-21(11-9-20)35-16-19-15-18(3)29-23-7-5-4-6-22(19)23;2-1-3/h4-11,15,17,24,34H,12-14,16,28H2,1-3H3,(H,30,32);1H,(H,2,3)/t24-,27-;/m1./s1. The smallest absolute Gasteiger partial charge is 0.290 e. The summed E-state index contributed by atoms with van der Waals surface area (Å²) in [4.78, 5) is 40.0. The van der Waals surface area contributed by atoms with Gasteiger partial charge >= 0.3 is 0 Å². The third kappa shape index (κ3) is 6.27. The fourth-order valence-electron chi connectivity index (χ4n) is 4.75. The van der Waals surface area contributed by atoms with Crippen molar-refractivity contribution in [3.63, 3.8) is 0 Å². The highest BCUT2D eigenvalue weighted by atomic mass is 16.5. The quantitative estimate of drug-likeness (QED) is 0.200. The van der Waals surface area contributed by atoms with Crippen LogP contribution < -0.4 is 16.0 Å². The first kappa shape index (κ1) is 28.5. The molecule has 2 atom stereocenters. The van der Waals surface area contributed by atoms with Crippen LogP contribution in [0.4, 0.5) is 0 Å². The number of amides is 2. The van der Waals surface area contributed by atoms with E-state index in [1.807, 2.05) is 63.2 Å². The number of nitrogens with one attached hydrogen (secondary N) is 1. The number of nitrogens with two attached hydrogens (primary N) is 1. The average molecular weight is 523 g/mol. The first-order chi connectivity index (χ1) is 18.1. The van der Waals surface area contributed by atoms with Crippen molar-refractivity contribution in [1.82, 2.24) is 15.4 Å². The Morgan fingerprint density at radius 1 is 1.24 bits per heavy atom. The molecule has 10 heteroatoms. The number of likely N-dealkylation sites (tertiary alicyclic amines) is 1. The molecule has 0 spiro atoms. The van der Waals surface area contributed by atoms with E-state index < -0.39 is 17.5 Å². The summed E-state index contributed by atoms with van der Waals surface area (Å²) in [5, 5.41) is 17.1. The van der Waals surface area contributed by atoms with E-state index in [9.17, 15) is 9.59 Å². The molecule has 1 aliphatic heterocycles. The second kappa shape index (κ2) is 12.5. The molecule has 38 heavy (non-hydrogen) atoms. The van der Waals surface area contributed by atoms with Crippen LogP contribution in [0, 0.1) is 12.8 Å². The lowest BCUT2D eigenvalue weighted by Gasteiger charge is -2.30. The molecule has 1 saturated heterocycles. The van der Waals surface area contributed by atoms with Gasteiger partial charge in [0.1, 0.15) is 23.9 Å². The molecule has 2 amide bonds. The molecule has 10 nitrogen and oxygen atoms in total. The van der Waals surface area contributed by atoms with Gasteiger partial charge in [-0.05, 0) is 55.5 Å². The fraction of sp³-hybridized carbons (Fsp3) is 0.357. The van der Waals surface area contributed by atoms with Gasteiger partial charge in [-0.3, -0.25) is 24.6 Å². The fourth-order valence-corrected chi connectivity index (χ4v) is 4.75. The van der Waals surface area contributed by atoms with Gasteiger partial charge in [0.25, 0.3) is 12.4 Å². The summed E-state index contributed by atoms with van der Waals surface area (Å²) in [6, 6.07) is 16.4. The molecule has 202 valence electrons. The Kier molecular flexibility index (Phi) is 9.38. The van der Waals surface area contributed by atoms with Gasteiger partial charge in [-0.1, -0.05) is 44.2 Å². The lowest BCUT2D eigenvalue weighted by atomic mass is 9.89. The number of benzene rings is 2. The highest BCUT2D eigenvalue weighted by molar-refractivity contribution is 5.94. The number of nitrogens with zero attached hydrogens (tertiary/aromatic N) is 2. The van der Waals surface area contributed by atoms with Gasteiger partial charge in [-0.2, -0.15) is 0 Å². The van der Waals surface area contributed by atoms with Crippen LogP contribution in [0.5, 0.6) is 5.75 Å². The lowest BCUT2D eigenvalue weighted by molar-refractivity contribution is -0.144. The van der Waals surface area contributed by atoms with Gasteiger partial charge in [-0.25, -0.2) is 5.48 Å². The number of carboxylic acid groups (broad SMARTS) is 1. The maximum absolute atomic E-state index is 13.3. The minimum atomic E-state index is -1.23. The van der Waals surface area contributed by atoms with Crippen molar-refractivity contribution in [3.8, 4) is 5.75 Å². The van der Waals surface area contributed by atoms with E-state index in [1.165, 1.54) is 4.90 Å². The summed E-state index contributed by atoms with van der Waals surface area (Å²) in [5.41, 5.74) is 10.6. The number of hydroxylamine groups is 1. The van der Waals surface area contributed by atoms with Crippen LogP contribution >= 0.6 is 0 Å². The molecule has 1 aromatic heterocycles. The van der Waals surface area contributed by atoms with Crippen molar-refractivity contribution in [2.75, 3.05) is 6.54 Å². The van der Waals surface area contributed by atoms with Gasteiger partial charge in [0.2, 0.25) is 5.91 Å². The number of aryl methyl sites for hydroxylation is 1. The van der Waals surface area contributed by atoms with Crippen molar-refractivity contribution in [2.24, 2.45) is 11.7 Å². The van der Waals surface area contributed by atoms with E-state index in [2.05, 4.69) is 4.98 Å². The van der Waals surface area contributed by atoms with E-state index in [4.69, 9.17) is 25.6 Å². The summed E-state index contributed by atoms with van der Waals surface area (Å²) >= 11 is 0. The SMILES string of the molecule is Cc1cc(COc2ccc([C@]3(N)CCN([C@H](CC(C)C)C(=O)NO)C3=O)cc2)c2ccccc2n1.O=CO. The number of carbonyl (C=O) groups excluding carboxylic acids is 2. The molecule has 0 radical (unpaired) electrons. The monoisotopic (exact) mass is 522 g/mol. The highest BCUT2D eigenvalue weighted by Crippen LogP contribution is 2.34. The van der Waals surface area contributed by atoms with E-state index in [0.29, 0.717) is 37.3 Å². The van der Waals surface area contributed by atoms with Crippen LogP contribution in [-0.4, -0.2) is 51.1 Å². The van der Waals surface area contributed by atoms with Crippen LogP contribution in [-0.2, 0) is 26.5 Å². The van der Waals surface area contributed by atoms with Crippen molar-refractivity contribution in [3.05, 3.63) is 71.4 Å². The van der Waals surface area contributed by atoms with E-state index >= 15 is 0 Å². The van der Waals surface area contributed by atoms with Crippen LogP contribution in [0.3, 0.4) is 0 Å². The van der Waals surface area contributed by atoms with Crippen LogP contribution in [0.25, 0.3) is 10.9 Å². The Bertz CT molecular complexity index is 1280. The minimum absolute atomic E-state index is 0.163. The van der Waals surface area contributed by atoms with Gasteiger partial charge < -0.3 is 20.5 Å². The number of rotatable bonds is 8. The number of hydrogen-bond donors (Lipinski definition) is 4. The van der Waals surface area contributed by atoms with Crippen molar-refractivity contribution >= 4 is 29.2 Å². The molecule has 0 bridgehead atoms. The largest absolute Gasteiger partial charge is 0.489 e. The third-order valence-electron chi connectivity index (χ3n) is 6.57. The maximum Gasteiger partial charge on any atom is 0.290 e. The first-order valence-corrected chi connectivity index (χ1v) is 12.3. The number of fused-ring (bicyclic) bond motifs is 1. The lowest BCUT2D eigenvalue weighted by Crippen LogP contribution is -2.52. The average Bonchev–Trinajstić information content (AvgIpc) is 3.20. The normalized spacial score (nSPS) is 17.6. The van der Waals surface area contributed by atoms with E-state index in [0.717, 1.165) is 22.2 Å². The van der Waals surface area contributed by atoms with Crippen molar-refractivity contribution < 1.29 is 29.4 Å². The molecule has 0 aliphatic carbocycles. The first-order valence-electron chi connectivity index (χ1n) is 12.3. The molecular formula is C28H34N4O6. The highest BCUT2D eigenvalue weighted by Gasteiger charge is 2.48. The Morgan fingerprint density at radius 2 is 1.89 bits per heavy atom. The van der Waals surface area contributed by atoms with Crippen LogP contribution in [0.1, 0.15) is 43.5 Å². The summed E-state index contributed by atoms with van der Waals surface area (Å²) in [6.07, 6.45) is 0.811. The summed E-state index contributed by atoms with van der Waals surface area (Å²) in [5.74, 6) is -0.0933. The molecule has 3 aromatic rings. The molecule has 2 aromatic carbocycles. The Hall–Kier alpha value is -4.02. The Balaban J connectivity index is 0.00000127. The number of ether oxygens (including phenoxy) is 1. The number of carbonyl (C=O) groups is 3. The zero-order chi connectivity index (χ0) is 27.9.